The summed E-state index contributed by atoms with van der Waals surface area (Å²) < 4.78 is 24.2. The Balaban J connectivity index is 2.19. The highest BCUT2D eigenvalue weighted by atomic mass is 19.1. The van der Waals surface area contributed by atoms with Crippen molar-refractivity contribution < 1.29 is 13.9 Å². The Hall–Kier alpha value is -2.23. The molecule has 1 N–H and O–H groups in total. The molecule has 0 radical (unpaired) electrons. The van der Waals surface area contributed by atoms with Crippen molar-refractivity contribution in [2.24, 2.45) is 0 Å². The molecular formula is C16H18FNO2. The Morgan fingerprint density at radius 2 is 1.85 bits per heavy atom. The second-order valence-corrected chi connectivity index (χ2v) is 4.51. The molecule has 0 spiro atoms. The molecule has 0 atom stereocenters. The summed E-state index contributed by atoms with van der Waals surface area (Å²) in [5, 5.41) is 3.09. The van der Waals surface area contributed by atoms with E-state index < -0.39 is 0 Å². The lowest BCUT2D eigenvalue weighted by atomic mass is 10.1. The smallest absolute Gasteiger partial charge is 0.146 e. The van der Waals surface area contributed by atoms with Crippen molar-refractivity contribution in [3.05, 3.63) is 53.3 Å². The van der Waals surface area contributed by atoms with Gasteiger partial charge in [-0.05, 0) is 42.8 Å². The summed E-state index contributed by atoms with van der Waals surface area (Å²) in [5.41, 5.74) is 2.40. The topological polar surface area (TPSA) is 30.5 Å². The van der Waals surface area contributed by atoms with Crippen LogP contribution in [-0.2, 0) is 6.54 Å². The molecule has 4 heteroatoms. The predicted octanol–water partition coefficient (Wildman–Crippen LogP) is 3.76. The zero-order chi connectivity index (χ0) is 14.5. The second kappa shape index (κ2) is 6.28. The van der Waals surface area contributed by atoms with Gasteiger partial charge in [-0.3, -0.25) is 0 Å². The molecule has 0 amide bonds. The molecule has 0 aliphatic carbocycles. The summed E-state index contributed by atoms with van der Waals surface area (Å²) in [6, 6.07) is 10.5. The third kappa shape index (κ3) is 3.20. The molecule has 0 bridgehead atoms. The maximum atomic E-state index is 13.7. The lowest BCUT2D eigenvalue weighted by Gasteiger charge is -2.13. The Morgan fingerprint density at radius 3 is 2.55 bits per heavy atom. The van der Waals surface area contributed by atoms with E-state index in [-0.39, 0.29) is 5.82 Å². The van der Waals surface area contributed by atoms with E-state index >= 15 is 0 Å². The first-order valence-electron chi connectivity index (χ1n) is 6.35. The zero-order valence-electron chi connectivity index (χ0n) is 11.9. The molecule has 0 fully saturated rings. The molecule has 2 aromatic rings. The minimum atomic E-state index is -0.266. The molecule has 0 unspecified atom stereocenters. The first kappa shape index (κ1) is 14.2. The monoisotopic (exact) mass is 275 g/mol. The molecule has 0 aromatic heterocycles. The number of ether oxygens (including phenoxy) is 2. The van der Waals surface area contributed by atoms with Gasteiger partial charge < -0.3 is 14.8 Å². The molecular weight excluding hydrogens is 257 g/mol. The summed E-state index contributed by atoms with van der Waals surface area (Å²) in [5.74, 6) is 1.22. The van der Waals surface area contributed by atoms with Crippen LogP contribution >= 0.6 is 0 Å². The van der Waals surface area contributed by atoms with E-state index in [2.05, 4.69) is 5.32 Å². The molecule has 20 heavy (non-hydrogen) atoms. The molecule has 0 saturated heterocycles. The van der Waals surface area contributed by atoms with Crippen molar-refractivity contribution >= 4 is 5.69 Å². The molecule has 106 valence electrons. The third-order valence-electron chi connectivity index (χ3n) is 3.08. The van der Waals surface area contributed by atoms with E-state index in [0.717, 1.165) is 22.6 Å². The van der Waals surface area contributed by atoms with Crippen LogP contribution < -0.4 is 14.8 Å². The van der Waals surface area contributed by atoms with Crippen LogP contribution in [0.25, 0.3) is 0 Å². The van der Waals surface area contributed by atoms with E-state index in [1.807, 2.05) is 25.1 Å². The van der Waals surface area contributed by atoms with E-state index in [1.54, 1.807) is 26.4 Å². The van der Waals surface area contributed by atoms with Crippen LogP contribution in [0.15, 0.2) is 36.4 Å². The maximum Gasteiger partial charge on any atom is 0.146 e. The van der Waals surface area contributed by atoms with E-state index in [0.29, 0.717) is 12.2 Å². The van der Waals surface area contributed by atoms with Crippen molar-refractivity contribution in [3.63, 3.8) is 0 Å². The number of hydrogen-bond donors (Lipinski definition) is 1. The number of nitrogens with one attached hydrogen (secondary N) is 1. The second-order valence-electron chi connectivity index (χ2n) is 4.51. The number of anilines is 1. The number of methoxy groups -OCH3 is 2. The van der Waals surface area contributed by atoms with Crippen LogP contribution in [0.1, 0.15) is 11.1 Å². The van der Waals surface area contributed by atoms with Crippen molar-refractivity contribution in [3.8, 4) is 11.5 Å². The standard InChI is InChI=1S/C16H18FNO2/c1-11-4-6-14(17)15(8-11)18-10-12-9-13(19-2)5-7-16(12)20-3/h4-9,18H,10H2,1-3H3. The highest BCUT2D eigenvalue weighted by Crippen LogP contribution is 2.25. The first-order valence-corrected chi connectivity index (χ1v) is 6.35. The van der Waals surface area contributed by atoms with Gasteiger partial charge in [0.1, 0.15) is 17.3 Å². The predicted molar refractivity (Wildman–Crippen MR) is 78.0 cm³/mol. The van der Waals surface area contributed by atoms with E-state index in [1.165, 1.54) is 6.07 Å². The largest absolute Gasteiger partial charge is 0.497 e. The fourth-order valence-corrected chi connectivity index (χ4v) is 1.99. The maximum absolute atomic E-state index is 13.7. The van der Waals surface area contributed by atoms with Gasteiger partial charge in [-0.1, -0.05) is 6.07 Å². The first-order chi connectivity index (χ1) is 9.63. The molecule has 3 nitrogen and oxygen atoms in total. The molecule has 0 aliphatic heterocycles. The van der Waals surface area contributed by atoms with Crippen LogP contribution in [0, 0.1) is 12.7 Å². The van der Waals surface area contributed by atoms with Gasteiger partial charge in [-0.2, -0.15) is 0 Å². The molecule has 2 aromatic carbocycles. The van der Waals surface area contributed by atoms with Gasteiger partial charge in [0.05, 0.1) is 19.9 Å². The fraction of sp³-hybridized carbons (Fsp3) is 0.250. The summed E-state index contributed by atoms with van der Waals surface area (Å²) in [6.07, 6.45) is 0. The molecule has 2 rings (SSSR count). The van der Waals surface area contributed by atoms with E-state index in [9.17, 15) is 4.39 Å². The Morgan fingerprint density at radius 1 is 1.05 bits per heavy atom. The van der Waals surface area contributed by atoms with E-state index in [4.69, 9.17) is 9.47 Å². The molecule has 0 saturated carbocycles. The fourth-order valence-electron chi connectivity index (χ4n) is 1.99. The minimum Gasteiger partial charge on any atom is -0.497 e. The Kier molecular flexibility index (Phi) is 4.45. The van der Waals surface area contributed by atoms with Crippen LogP contribution in [0.3, 0.4) is 0 Å². The Labute approximate surface area is 118 Å². The number of hydrogen-bond acceptors (Lipinski definition) is 3. The van der Waals surface area contributed by atoms with Crippen molar-refractivity contribution in [1.82, 2.24) is 0 Å². The average molecular weight is 275 g/mol. The number of benzene rings is 2. The van der Waals surface area contributed by atoms with Gasteiger partial charge in [0.2, 0.25) is 0 Å². The van der Waals surface area contributed by atoms with Crippen LogP contribution in [0.5, 0.6) is 11.5 Å². The molecule has 0 heterocycles. The average Bonchev–Trinajstić information content (AvgIpc) is 2.47. The summed E-state index contributed by atoms with van der Waals surface area (Å²) in [7, 11) is 3.22. The van der Waals surface area contributed by atoms with Gasteiger partial charge in [0, 0.05) is 12.1 Å². The SMILES string of the molecule is COc1ccc(OC)c(CNc2cc(C)ccc2F)c1. The van der Waals surface area contributed by atoms with Gasteiger partial charge in [0.15, 0.2) is 0 Å². The van der Waals surface area contributed by atoms with Gasteiger partial charge >= 0.3 is 0 Å². The summed E-state index contributed by atoms with van der Waals surface area (Å²) in [4.78, 5) is 0. The number of rotatable bonds is 5. The Bertz CT molecular complexity index is 599. The summed E-state index contributed by atoms with van der Waals surface area (Å²) >= 11 is 0. The normalized spacial score (nSPS) is 10.2. The van der Waals surface area contributed by atoms with Crippen LogP contribution in [0.2, 0.25) is 0 Å². The van der Waals surface area contributed by atoms with Gasteiger partial charge in [0.25, 0.3) is 0 Å². The number of halogens is 1. The molecule has 0 aliphatic rings. The summed E-state index contributed by atoms with van der Waals surface area (Å²) in [6.45, 7) is 2.39. The van der Waals surface area contributed by atoms with Crippen molar-refractivity contribution in [2.75, 3.05) is 19.5 Å². The van der Waals surface area contributed by atoms with Gasteiger partial charge in [-0.15, -0.1) is 0 Å². The quantitative estimate of drug-likeness (QED) is 0.901. The lowest BCUT2D eigenvalue weighted by molar-refractivity contribution is 0.399. The highest BCUT2D eigenvalue weighted by Gasteiger charge is 2.07. The van der Waals surface area contributed by atoms with Crippen molar-refractivity contribution in [2.45, 2.75) is 13.5 Å². The van der Waals surface area contributed by atoms with Crippen molar-refractivity contribution in [1.29, 1.82) is 0 Å². The third-order valence-corrected chi connectivity index (χ3v) is 3.08. The van der Waals surface area contributed by atoms with Gasteiger partial charge in [-0.25, -0.2) is 4.39 Å². The number of aryl methyl sites for hydroxylation is 1. The van der Waals surface area contributed by atoms with Crippen LogP contribution in [-0.4, -0.2) is 14.2 Å². The lowest BCUT2D eigenvalue weighted by Crippen LogP contribution is -2.04. The van der Waals surface area contributed by atoms with Crippen LogP contribution in [0.4, 0.5) is 10.1 Å². The minimum absolute atomic E-state index is 0.266. The highest BCUT2D eigenvalue weighted by molar-refractivity contribution is 5.49. The zero-order valence-corrected chi connectivity index (χ0v) is 11.9.